The van der Waals surface area contributed by atoms with E-state index in [1.807, 2.05) is 0 Å². The van der Waals surface area contributed by atoms with Crippen LogP contribution in [0.2, 0.25) is 0 Å². The zero-order valence-corrected chi connectivity index (χ0v) is 12.0. The molecule has 0 amide bonds. The fourth-order valence-corrected chi connectivity index (χ4v) is 1.71. The summed E-state index contributed by atoms with van der Waals surface area (Å²) in [6, 6.07) is 0. The standard InChI is InChI=1S/C13H20N2O5/c1-10(16)11-9-15(13(18)14(2)12(11)17)5-4-6-20-8-7-19-3/h9H,4-8H2,1-3H3. The molecule has 0 spiro atoms. The number of nitrogens with zero attached hydrogens (tertiary/aromatic N) is 2. The van der Waals surface area contributed by atoms with Gasteiger partial charge in [-0.1, -0.05) is 0 Å². The second kappa shape index (κ2) is 7.76. The van der Waals surface area contributed by atoms with Gasteiger partial charge in [0.1, 0.15) is 0 Å². The molecule has 1 heterocycles. The zero-order chi connectivity index (χ0) is 15.1. The summed E-state index contributed by atoms with van der Waals surface area (Å²) in [5.41, 5.74) is -0.973. The number of aryl methyl sites for hydroxylation is 1. The first-order chi connectivity index (χ1) is 9.49. The molecule has 0 bridgehead atoms. The molecule has 0 unspecified atom stereocenters. The van der Waals surface area contributed by atoms with Crippen LogP contribution in [0.4, 0.5) is 0 Å². The van der Waals surface area contributed by atoms with Crippen LogP contribution < -0.4 is 11.2 Å². The lowest BCUT2D eigenvalue weighted by Crippen LogP contribution is -2.40. The molecule has 0 saturated carbocycles. The second-order valence-corrected chi connectivity index (χ2v) is 4.40. The molecule has 0 aromatic carbocycles. The van der Waals surface area contributed by atoms with E-state index in [4.69, 9.17) is 9.47 Å². The van der Waals surface area contributed by atoms with Crippen molar-refractivity contribution in [3.8, 4) is 0 Å². The van der Waals surface area contributed by atoms with Gasteiger partial charge in [-0.25, -0.2) is 4.79 Å². The summed E-state index contributed by atoms with van der Waals surface area (Å²) >= 11 is 0. The lowest BCUT2D eigenvalue weighted by molar-refractivity contribution is 0.0678. The minimum Gasteiger partial charge on any atom is -0.382 e. The Kier molecular flexibility index (Phi) is 6.33. The highest BCUT2D eigenvalue weighted by Crippen LogP contribution is 1.94. The highest BCUT2D eigenvalue weighted by molar-refractivity contribution is 5.93. The summed E-state index contributed by atoms with van der Waals surface area (Å²) in [5.74, 6) is -0.351. The molecule has 0 aliphatic rings. The number of rotatable bonds is 8. The predicted molar refractivity (Wildman–Crippen MR) is 73.3 cm³/mol. The highest BCUT2D eigenvalue weighted by Gasteiger charge is 2.11. The van der Waals surface area contributed by atoms with Gasteiger partial charge in [-0.05, 0) is 13.3 Å². The van der Waals surface area contributed by atoms with E-state index in [2.05, 4.69) is 0 Å². The van der Waals surface area contributed by atoms with Crippen LogP contribution in [0.3, 0.4) is 0 Å². The largest absolute Gasteiger partial charge is 0.382 e. The summed E-state index contributed by atoms with van der Waals surface area (Å²) in [5, 5.41) is 0. The number of ketones is 1. The Morgan fingerprint density at radius 3 is 2.55 bits per heavy atom. The van der Waals surface area contributed by atoms with E-state index < -0.39 is 11.2 Å². The van der Waals surface area contributed by atoms with Crippen LogP contribution in [0.15, 0.2) is 15.8 Å². The third-order valence-corrected chi connectivity index (χ3v) is 2.85. The van der Waals surface area contributed by atoms with E-state index in [0.29, 0.717) is 32.8 Å². The Labute approximate surface area is 116 Å². The summed E-state index contributed by atoms with van der Waals surface area (Å²) in [7, 11) is 2.96. The first-order valence-electron chi connectivity index (χ1n) is 6.37. The van der Waals surface area contributed by atoms with Gasteiger partial charge in [0.25, 0.3) is 5.56 Å². The van der Waals surface area contributed by atoms with E-state index in [-0.39, 0.29) is 11.3 Å². The van der Waals surface area contributed by atoms with Gasteiger partial charge in [0.2, 0.25) is 0 Å². The second-order valence-electron chi connectivity index (χ2n) is 4.40. The van der Waals surface area contributed by atoms with Crippen molar-refractivity contribution in [2.45, 2.75) is 19.9 Å². The van der Waals surface area contributed by atoms with Crippen LogP contribution in [0, 0.1) is 0 Å². The molecule has 1 rings (SSSR count). The van der Waals surface area contributed by atoms with Crippen molar-refractivity contribution >= 4 is 5.78 Å². The molecule has 20 heavy (non-hydrogen) atoms. The quantitative estimate of drug-likeness (QED) is 0.488. The Morgan fingerprint density at radius 2 is 1.95 bits per heavy atom. The van der Waals surface area contributed by atoms with Gasteiger partial charge < -0.3 is 9.47 Å². The molecule has 0 fully saturated rings. The van der Waals surface area contributed by atoms with Crippen LogP contribution in [-0.4, -0.2) is 41.8 Å². The van der Waals surface area contributed by atoms with Crippen molar-refractivity contribution in [3.05, 3.63) is 32.6 Å². The van der Waals surface area contributed by atoms with Gasteiger partial charge >= 0.3 is 5.69 Å². The average Bonchev–Trinajstić information content (AvgIpc) is 2.42. The van der Waals surface area contributed by atoms with E-state index >= 15 is 0 Å². The van der Waals surface area contributed by atoms with Crippen molar-refractivity contribution < 1.29 is 14.3 Å². The van der Waals surface area contributed by atoms with Crippen LogP contribution in [0.5, 0.6) is 0 Å². The van der Waals surface area contributed by atoms with Gasteiger partial charge in [0.15, 0.2) is 5.78 Å². The normalized spacial score (nSPS) is 10.8. The summed E-state index contributed by atoms with van der Waals surface area (Å²) < 4.78 is 12.4. The molecule has 1 aromatic rings. The first kappa shape index (κ1) is 16.3. The number of ether oxygens (including phenoxy) is 2. The number of carbonyl (C=O) groups excluding carboxylic acids is 1. The predicted octanol–water partition coefficient (Wildman–Crippen LogP) is -0.197. The Hall–Kier alpha value is -1.73. The number of hydrogen-bond donors (Lipinski definition) is 0. The molecule has 0 N–H and O–H groups in total. The number of methoxy groups -OCH3 is 1. The fourth-order valence-electron chi connectivity index (χ4n) is 1.71. The minimum absolute atomic E-state index is 0.0207. The third-order valence-electron chi connectivity index (χ3n) is 2.85. The molecule has 0 aliphatic heterocycles. The maximum absolute atomic E-state index is 11.9. The number of hydrogen-bond acceptors (Lipinski definition) is 5. The third kappa shape index (κ3) is 4.14. The molecule has 7 nitrogen and oxygen atoms in total. The SMILES string of the molecule is COCCOCCCn1cc(C(C)=O)c(=O)n(C)c1=O. The molecule has 0 atom stereocenters. The highest BCUT2D eigenvalue weighted by atomic mass is 16.5. The van der Waals surface area contributed by atoms with E-state index in [1.54, 1.807) is 7.11 Å². The van der Waals surface area contributed by atoms with Gasteiger partial charge in [-0.15, -0.1) is 0 Å². The molecule has 0 saturated heterocycles. The Balaban J connectivity index is 2.73. The Morgan fingerprint density at radius 1 is 1.25 bits per heavy atom. The topological polar surface area (TPSA) is 79.5 Å². The molecule has 0 radical (unpaired) electrons. The van der Waals surface area contributed by atoms with E-state index in [0.717, 1.165) is 4.57 Å². The number of Topliss-reactive ketones (excluding diaryl/α,β-unsaturated/α-hetero) is 1. The maximum atomic E-state index is 11.9. The zero-order valence-electron chi connectivity index (χ0n) is 12.0. The monoisotopic (exact) mass is 284 g/mol. The molecular weight excluding hydrogens is 264 g/mol. The first-order valence-corrected chi connectivity index (χ1v) is 6.37. The molecule has 112 valence electrons. The van der Waals surface area contributed by atoms with Crippen LogP contribution >= 0.6 is 0 Å². The summed E-state index contributed by atoms with van der Waals surface area (Å²) in [4.78, 5) is 35.0. The number of carbonyl (C=O) groups is 1. The smallest absolute Gasteiger partial charge is 0.330 e. The molecular formula is C13H20N2O5. The summed E-state index contributed by atoms with van der Waals surface area (Å²) in [6.07, 6.45) is 1.93. The van der Waals surface area contributed by atoms with Crippen molar-refractivity contribution in [3.63, 3.8) is 0 Å². The van der Waals surface area contributed by atoms with Crippen molar-refractivity contribution in [1.29, 1.82) is 0 Å². The van der Waals surface area contributed by atoms with Gasteiger partial charge in [0.05, 0.1) is 18.8 Å². The van der Waals surface area contributed by atoms with Crippen molar-refractivity contribution in [2.75, 3.05) is 26.9 Å². The van der Waals surface area contributed by atoms with Gasteiger partial charge in [-0.3, -0.25) is 18.7 Å². The maximum Gasteiger partial charge on any atom is 0.330 e. The number of aromatic nitrogens is 2. The van der Waals surface area contributed by atoms with Gasteiger partial charge in [0, 0.05) is 33.5 Å². The van der Waals surface area contributed by atoms with Crippen LogP contribution in [-0.2, 0) is 23.1 Å². The molecule has 0 aliphatic carbocycles. The summed E-state index contributed by atoms with van der Waals surface area (Å²) in [6.45, 7) is 3.19. The van der Waals surface area contributed by atoms with Gasteiger partial charge in [-0.2, -0.15) is 0 Å². The van der Waals surface area contributed by atoms with Crippen molar-refractivity contribution in [2.24, 2.45) is 7.05 Å². The van der Waals surface area contributed by atoms with Crippen molar-refractivity contribution in [1.82, 2.24) is 9.13 Å². The lowest BCUT2D eigenvalue weighted by Gasteiger charge is -2.09. The lowest BCUT2D eigenvalue weighted by atomic mass is 10.2. The molecule has 7 heteroatoms. The Bertz CT molecular complexity index is 573. The average molecular weight is 284 g/mol. The minimum atomic E-state index is -0.560. The van der Waals surface area contributed by atoms with Crippen LogP contribution in [0.1, 0.15) is 23.7 Å². The van der Waals surface area contributed by atoms with E-state index in [9.17, 15) is 14.4 Å². The molecule has 1 aromatic heterocycles. The van der Waals surface area contributed by atoms with E-state index in [1.165, 1.54) is 24.7 Å². The van der Waals surface area contributed by atoms with Crippen LogP contribution in [0.25, 0.3) is 0 Å². The fraction of sp³-hybridized carbons (Fsp3) is 0.615.